The van der Waals surface area contributed by atoms with E-state index in [0.717, 1.165) is 18.4 Å². The van der Waals surface area contributed by atoms with Gasteiger partial charge < -0.3 is 9.84 Å². The van der Waals surface area contributed by atoms with Gasteiger partial charge in [0.1, 0.15) is 0 Å². The fourth-order valence-corrected chi connectivity index (χ4v) is 1.99. The molecule has 1 aliphatic carbocycles. The zero-order chi connectivity index (χ0) is 12.5. The quantitative estimate of drug-likeness (QED) is 0.627. The molecule has 0 unspecified atom stereocenters. The highest BCUT2D eigenvalue weighted by molar-refractivity contribution is 5.49. The summed E-state index contributed by atoms with van der Waals surface area (Å²) in [6.45, 7) is 0.146. The molecule has 5 nitrogen and oxygen atoms in total. The van der Waals surface area contributed by atoms with Gasteiger partial charge in [0, 0.05) is 12.7 Å². The van der Waals surface area contributed by atoms with Gasteiger partial charge in [0.25, 0.3) is 0 Å². The van der Waals surface area contributed by atoms with Gasteiger partial charge in [0.15, 0.2) is 5.75 Å². The van der Waals surface area contributed by atoms with Gasteiger partial charge in [0.2, 0.25) is 0 Å². The number of nitro benzene ring substituents is 1. The average Bonchev–Trinajstić information content (AvgIpc) is 3.09. The zero-order valence-electron chi connectivity index (χ0n) is 9.68. The first-order valence-corrected chi connectivity index (χ1v) is 5.52. The second-order valence-electron chi connectivity index (χ2n) is 4.60. The number of aliphatic hydroxyl groups is 1. The molecule has 17 heavy (non-hydrogen) atoms. The molecule has 0 bridgehead atoms. The predicted octanol–water partition coefficient (Wildman–Crippen LogP) is 1.92. The molecule has 1 saturated carbocycles. The van der Waals surface area contributed by atoms with Crippen LogP contribution >= 0.6 is 0 Å². The summed E-state index contributed by atoms with van der Waals surface area (Å²) in [4.78, 5) is 10.4. The molecule has 0 spiro atoms. The van der Waals surface area contributed by atoms with Crippen LogP contribution in [-0.4, -0.2) is 23.7 Å². The molecule has 1 aromatic carbocycles. The maximum atomic E-state index is 10.9. The molecule has 0 aromatic heterocycles. The molecular formula is C12H15NO4. The van der Waals surface area contributed by atoms with Crippen LogP contribution in [0.5, 0.6) is 5.75 Å². The fourth-order valence-electron chi connectivity index (χ4n) is 1.99. The lowest BCUT2D eigenvalue weighted by Crippen LogP contribution is -2.10. The van der Waals surface area contributed by atoms with E-state index in [0.29, 0.717) is 6.42 Å². The second kappa shape index (κ2) is 4.33. The number of nitrogens with zero attached hydrogens (tertiary/aromatic N) is 1. The van der Waals surface area contributed by atoms with Crippen molar-refractivity contribution in [2.24, 2.45) is 5.41 Å². The Balaban J connectivity index is 2.24. The molecule has 0 amide bonds. The topological polar surface area (TPSA) is 72.6 Å². The van der Waals surface area contributed by atoms with Crippen LogP contribution in [0.15, 0.2) is 18.2 Å². The van der Waals surface area contributed by atoms with E-state index in [9.17, 15) is 15.2 Å². The molecule has 5 heteroatoms. The maximum absolute atomic E-state index is 10.9. The van der Waals surface area contributed by atoms with Gasteiger partial charge in [0.05, 0.1) is 12.0 Å². The van der Waals surface area contributed by atoms with Crippen molar-refractivity contribution in [3.05, 3.63) is 33.9 Å². The fraction of sp³-hybridized carbons (Fsp3) is 0.500. The Labute approximate surface area is 99.2 Å². The molecule has 2 rings (SSSR count). The Morgan fingerprint density at radius 2 is 2.24 bits per heavy atom. The Hall–Kier alpha value is -1.62. The third-order valence-corrected chi connectivity index (χ3v) is 3.31. The Morgan fingerprint density at radius 3 is 2.71 bits per heavy atom. The van der Waals surface area contributed by atoms with Gasteiger partial charge in [-0.3, -0.25) is 10.1 Å². The number of rotatable bonds is 5. The summed E-state index contributed by atoms with van der Waals surface area (Å²) >= 11 is 0. The van der Waals surface area contributed by atoms with E-state index in [4.69, 9.17) is 4.74 Å². The van der Waals surface area contributed by atoms with Crippen LogP contribution in [0.25, 0.3) is 0 Å². The smallest absolute Gasteiger partial charge is 0.311 e. The lowest BCUT2D eigenvalue weighted by atomic mass is 9.97. The van der Waals surface area contributed by atoms with Crippen LogP contribution in [-0.2, 0) is 6.42 Å². The zero-order valence-corrected chi connectivity index (χ0v) is 9.68. The monoisotopic (exact) mass is 237 g/mol. The number of hydrogen-bond donors (Lipinski definition) is 1. The number of hydrogen-bond acceptors (Lipinski definition) is 4. The first kappa shape index (κ1) is 11.9. The SMILES string of the molecule is COc1ccc(CC2(CO)CC2)cc1[N+](=O)[O-]. The van der Waals surface area contributed by atoms with Crippen molar-refractivity contribution in [2.75, 3.05) is 13.7 Å². The van der Waals surface area contributed by atoms with E-state index < -0.39 is 4.92 Å². The van der Waals surface area contributed by atoms with Gasteiger partial charge in [-0.05, 0) is 36.3 Å². The summed E-state index contributed by atoms with van der Waals surface area (Å²) in [5.74, 6) is 0.271. The highest BCUT2D eigenvalue weighted by Gasteiger charge is 2.42. The van der Waals surface area contributed by atoms with Crippen LogP contribution in [0.1, 0.15) is 18.4 Å². The van der Waals surface area contributed by atoms with Crippen molar-refractivity contribution in [1.29, 1.82) is 0 Å². The molecule has 0 heterocycles. The van der Waals surface area contributed by atoms with Crippen LogP contribution in [0.3, 0.4) is 0 Å². The molecule has 1 aliphatic rings. The van der Waals surface area contributed by atoms with E-state index in [1.165, 1.54) is 13.2 Å². The molecule has 1 fully saturated rings. The van der Waals surface area contributed by atoms with E-state index in [1.807, 2.05) is 6.07 Å². The first-order valence-electron chi connectivity index (χ1n) is 5.52. The summed E-state index contributed by atoms with van der Waals surface area (Å²) in [5.41, 5.74) is 0.824. The highest BCUT2D eigenvalue weighted by Crippen LogP contribution is 2.48. The molecule has 92 valence electrons. The predicted molar refractivity (Wildman–Crippen MR) is 62.1 cm³/mol. The number of ether oxygens (including phenoxy) is 1. The van der Waals surface area contributed by atoms with Gasteiger partial charge in [-0.15, -0.1) is 0 Å². The van der Waals surface area contributed by atoms with Crippen LogP contribution < -0.4 is 4.74 Å². The Morgan fingerprint density at radius 1 is 1.53 bits per heavy atom. The minimum absolute atomic E-state index is 0.0151. The van der Waals surface area contributed by atoms with E-state index in [-0.39, 0.29) is 23.5 Å². The van der Waals surface area contributed by atoms with E-state index in [2.05, 4.69) is 0 Å². The molecule has 0 aliphatic heterocycles. The molecule has 1 aromatic rings. The molecule has 0 saturated heterocycles. The largest absolute Gasteiger partial charge is 0.490 e. The Kier molecular flexibility index (Phi) is 3.02. The highest BCUT2D eigenvalue weighted by atomic mass is 16.6. The minimum Gasteiger partial charge on any atom is -0.490 e. The van der Waals surface area contributed by atoms with Crippen LogP contribution in [0.4, 0.5) is 5.69 Å². The standard InChI is InChI=1S/C12H15NO4/c1-17-11-3-2-9(6-10(11)13(15)16)7-12(8-14)4-5-12/h2-3,6,14H,4-5,7-8H2,1H3. The van der Waals surface area contributed by atoms with E-state index >= 15 is 0 Å². The van der Waals surface area contributed by atoms with E-state index in [1.54, 1.807) is 6.07 Å². The Bertz CT molecular complexity index is 440. The molecular weight excluding hydrogens is 222 g/mol. The van der Waals surface area contributed by atoms with Crippen molar-refractivity contribution in [3.63, 3.8) is 0 Å². The third-order valence-electron chi connectivity index (χ3n) is 3.31. The van der Waals surface area contributed by atoms with Crippen LogP contribution in [0.2, 0.25) is 0 Å². The number of methoxy groups -OCH3 is 1. The summed E-state index contributed by atoms with van der Waals surface area (Å²) in [6.07, 6.45) is 2.67. The number of aliphatic hydroxyl groups excluding tert-OH is 1. The summed E-state index contributed by atoms with van der Waals surface area (Å²) < 4.78 is 4.94. The normalized spacial score (nSPS) is 16.6. The molecule has 0 atom stereocenters. The van der Waals surface area contributed by atoms with Crippen LogP contribution in [0, 0.1) is 15.5 Å². The minimum atomic E-state index is -0.444. The van der Waals surface area contributed by atoms with Crippen molar-refractivity contribution in [2.45, 2.75) is 19.3 Å². The van der Waals surface area contributed by atoms with Gasteiger partial charge in [-0.1, -0.05) is 6.07 Å². The van der Waals surface area contributed by atoms with Crippen molar-refractivity contribution >= 4 is 5.69 Å². The number of nitro groups is 1. The van der Waals surface area contributed by atoms with Gasteiger partial charge >= 0.3 is 5.69 Å². The summed E-state index contributed by atoms with van der Waals surface area (Å²) in [5, 5.41) is 20.1. The molecule has 1 N–H and O–H groups in total. The molecule has 0 radical (unpaired) electrons. The lowest BCUT2D eigenvalue weighted by molar-refractivity contribution is -0.385. The van der Waals surface area contributed by atoms with Gasteiger partial charge in [-0.25, -0.2) is 0 Å². The average molecular weight is 237 g/mol. The van der Waals surface area contributed by atoms with Crippen molar-refractivity contribution in [1.82, 2.24) is 0 Å². The summed E-state index contributed by atoms with van der Waals surface area (Å²) in [6, 6.07) is 4.97. The van der Waals surface area contributed by atoms with Gasteiger partial charge in [-0.2, -0.15) is 0 Å². The maximum Gasteiger partial charge on any atom is 0.311 e. The number of benzene rings is 1. The lowest BCUT2D eigenvalue weighted by Gasteiger charge is -2.11. The van der Waals surface area contributed by atoms with Crippen molar-refractivity contribution < 1.29 is 14.8 Å². The summed E-state index contributed by atoms with van der Waals surface area (Å²) in [7, 11) is 1.41. The third kappa shape index (κ3) is 2.39. The second-order valence-corrected chi connectivity index (χ2v) is 4.60. The van der Waals surface area contributed by atoms with Crippen molar-refractivity contribution in [3.8, 4) is 5.75 Å². The first-order chi connectivity index (χ1) is 8.10.